The third-order valence-electron chi connectivity index (χ3n) is 3.63. The molecule has 0 bridgehead atoms. The number of morpholine rings is 1. The van der Waals surface area contributed by atoms with Gasteiger partial charge in [-0.25, -0.2) is 4.98 Å². The second kappa shape index (κ2) is 5.87. The number of aromatic nitrogens is 1. The molecule has 6 heteroatoms. The van der Waals surface area contributed by atoms with Crippen LogP contribution in [0.5, 0.6) is 0 Å². The van der Waals surface area contributed by atoms with E-state index in [1.807, 2.05) is 37.1 Å². The molecule has 112 valence electrons. The molecular weight excluding hydrogens is 304 g/mol. The van der Waals surface area contributed by atoms with Crippen LogP contribution in [0.4, 0.5) is 0 Å². The number of hydrogen-bond acceptors (Lipinski definition) is 5. The molecule has 0 aliphatic carbocycles. The Morgan fingerprint density at radius 1 is 1.48 bits per heavy atom. The molecule has 2 aromatic rings. The van der Waals surface area contributed by atoms with Crippen molar-refractivity contribution in [1.82, 2.24) is 9.88 Å². The third kappa shape index (κ3) is 2.88. The zero-order chi connectivity index (χ0) is 15.0. The lowest BCUT2D eigenvalue weighted by Crippen LogP contribution is -2.50. The number of thiazole rings is 1. The van der Waals surface area contributed by atoms with E-state index in [0.717, 1.165) is 21.1 Å². The molecular formula is C15H18N2O2S2. The van der Waals surface area contributed by atoms with E-state index < -0.39 is 0 Å². The molecule has 3 heterocycles. The lowest BCUT2D eigenvalue weighted by atomic mass is 10.2. The van der Waals surface area contributed by atoms with E-state index >= 15 is 0 Å². The SMILES string of the molecule is Cc1nc(-c2ccsc2)sc1C(=O)N1C[C@@H](C)OC[C@H]1C. The van der Waals surface area contributed by atoms with E-state index in [2.05, 4.69) is 10.4 Å². The normalized spacial score (nSPS) is 22.5. The van der Waals surface area contributed by atoms with Crippen LogP contribution >= 0.6 is 22.7 Å². The monoisotopic (exact) mass is 322 g/mol. The van der Waals surface area contributed by atoms with Crippen molar-refractivity contribution in [3.8, 4) is 10.6 Å². The van der Waals surface area contributed by atoms with Crippen LogP contribution in [0.1, 0.15) is 29.2 Å². The first-order valence-electron chi connectivity index (χ1n) is 6.99. The number of ether oxygens (including phenoxy) is 1. The maximum Gasteiger partial charge on any atom is 0.266 e. The van der Waals surface area contributed by atoms with E-state index in [9.17, 15) is 4.79 Å². The van der Waals surface area contributed by atoms with Gasteiger partial charge in [-0.2, -0.15) is 11.3 Å². The van der Waals surface area contributed by atoms with Crippen LogP contribution in [0.3, 0.4) is 0 Å². The van der Waals surface area contributed by atoms with Crippen LogP contribution in [0.15, 0.2) is 16.8 Å². The summed E-state index contributed by atoms with van der Waals surface area (Å²) in [6.07, 6.45) is 0.0923. The van der Waals surface area contributed by atoms with E-state index in [0.29, 0.717) is 13.2 Å². The van der Waals surface area contributed by atoms with Gasteiger partial charge < -0.3 is 9.64 Å². The molecule has 4 nitrogen and oxygen atoms in total. The summed E-state index contributed by atoms with van der Waals surface area (Å²) in [6.45, 7) is 7.18. The molecule has 0 unspecified atom stereocenters. The fraction of sp³-hybridized carbons (Fsp3) is 0.467. The van der Waals surface area contributed by atoms with Gasteiger partial charge in [-0.1, -0.05) is 0 Å². The molecule has 1 aliphatic heterocycles. The van der Waals surface area contributed by atoms with Crippen molar-refractivity contribution in [2.45, 2.75) is 32.9 Å². The molecule has 2 atom stereocenters. The van der Waals surface area contributed by atoms with Gasteiger partial charge in [0.05, 0.1) is 24.4 Å². The number of nitrogens with zero attached hydrogens (tertiary/aromatic N) is 2. The Balaban J connectivity index is 1.88. The molecule has 3 rings (SSSR count). The summed E-state index contributed by atoms with van der Waals surface area (Å²) in [7, 11) is 0. The van der Waals surface area contributed by atoms with Crippen LogP contribution < -0.4 is 0 Å². The van der Waals surface area contributed by atoms with Crippen molar-refractivity contribution in [3.63, 3.8) is 0 Å². The molecule has 1 saturated heterocycles. The smallest absolute Gasteiger partial charge is 0.266 e. The van der Waals surface area contributed by atoms with E-state index in [4.69, 9.17) is 4.74 Å². The van der Waals surface area contributed by atoms with Crippen molar-refractivity contribution in [2.75, 3.05) is 13.2 Å². The average Bonchev–Trinajstić information content (AvgIpc) is 3.09. The highest BCUT2D eigenvalue weighted by Gasteiger charge is 2.30. The number of aryl methyl sites for hydroxylation is 1. The first kappa shape index (κ1) is 14.7. The number of thiophene rings is 1. The van der Waals surface area contributed by atoms with Crippen LogP contribution in [0, 0.1) is 6.92 Å². The lowest BCUT2D eigenvalue weighted by molar-refractivity contribution is -0.0385. The van der Waals surface area contributed by atoms with Crippen LogP contribution in [-0.2, 0) is 4.74 Å². The number of rotatable bonds is 2. The molecule has 1 fully saturated rings. The van der Waals surface area contributed by atoms with Gasteiger partial charge >= 0.3 is 0 Å². The number of carbonyl (C=O) groups excluding carboxylic acids is 1. The first-order valence-corrected chi connectivity index (χ1v) is 8.74. The maximum atomic E-state index is 12.8. The first-order chi connectivity index (χ1) is 10.1. The standard InChI is InChI=1S/C15H18N2O2S2/c1-9-7-19-10(2)6-17(9)15(18)13-11(3)16-14(21-13)12-4-5-20-8-12/h4-5,8-10H,6-7H2,1-3H3/t9-,10-/m1/s1. The van der Waals surface area contributed by atoms with Gasteiger partial charge in [0, 0.05) is 17.5 Å². The van der Waals surface area contributed by atoms with Gasteiger partial charge in [0.15, 0.2) is 0 Å². The van der Waals surface area contributed by atoms with Gasteiger partial charge in [0.1, 0.15) is 9.88 Å². The Kier molecular flexibility index (Phi) is 4.10. The van der Waals surface area contributed by atoms with Gasteiger partial charge in [-0.3, -0.25) is 4.79 Å². The summed E-state index contributed by atoms with van der Waals surface area (Å²) in [5.74, 6) is 0.0779. The van der Waals surface area contributed by atoms with Crippen LogP contribution in [0.2, 0.25) is 0 Å². The molecule has 1 amide bonds. The highest BCUT2D eigenvalue weighted by Crippen LogP contribution is 2.31. The van der Waals surface area contributed by atoms with Crippen LogP contribution in [-0.4, -0.2) is 41.1 Å². The number of amides is 1. The summed E-state index contributed by atoms with van der Waals surface area (Å²) >= 11 is 3.13. The Labute approximate surface area is 132 Å². The quantitative estimate of drug-likeness (QED) is 0.851. The second-order valence-electron chi connectivity index (χ2n) is 5.40. The van der Waals surface area contributed by atoms with Crippen molar-refractivity contribution in [2.24, 2.45) is 0 Å². The van der Waals surface area contributed by atoms with E-state index in [1.165, 1.54) is 11.3 Å². The molecule has 21 heavy (non-hydrogen) atoms. The predicted octanol–water partition coefficient (Wildman–Crippen LogP) is 3.43. The lowest BCUT2D eigenvalue weighted by Gasteiger charge is -2.36. The third-order valence-corrected chi connectivity index (χ3v) is 5.51. The van der Waals surface area contributed by atoms with Crippen molar-refractivity contribution < 1.29 is 9.53 Å². The predicted molar refractivity (Wildman–Crippen MR) is 86.1 cm³/mol. The van der Waals surface area contributed by atoms with Gasteiger partial charge in [0.2, 0.25) is 0 Å². The fourth-order valence-corrected chi connectivity index (χ4v) is 4.15. The van der Waals surface area contributed by atoms with Gasteiger partial charge in [0.25, 0.3) is 5.91 Å². The highest BCUT2D eigenvalue weighted by atomic mass is 32.1. The molecule has 1 aliphatic rings. The van der Waals surface area contributed by atoms with Gasteiger partial charge in [-0.05, 0) is 32.2 Å². The average molecular weight is 322 g/mol. The Hall–Kier alpha value is -1.24. The minimum atomic E-state index is 0.0779. The topological polar surface area (TPSA) is 42.4 Å². The number of carbonyl (C=O) groups is 1. The molecule has 0 spiro atoms. The maximum absolute atomic E-state index is 12.8. The summed E-state index contributed by atoms with van der Waals surface area (Å²) in [4.78, 5) is 20.0. The van der Waals surface area contributed by atoms with E-state index in [1.54, 1.807) is 11.3 Å². The Bertz CT molecular complexity index is 636. The highest BCUT2D eigenvalue weighted by molar-refractivity contribution is 7.17. The molecule has 2 aromatic heterocycles. The summed E-state index contributed by atoms with van der Waals surface area (Å²) < 4.78 is 5.60. The molecule has 0 radical (unpaired) electrons. The summed E-state index contributed by atoms with van der Waals surface area (Å²) in [5, 5.41) is 5.01. The van der Waals surface area contributed by atoms with Crippen molar-refractivity contribution in [1.29, 1.82) is 0 Å². The molecule has 0 saturated carbocycles. The van der Waals surface area contributed by atoms with E-state index in [-0.39, 0.29) is 18.1 Å². The Morgan fingerprint density at radius 3 is 3.00 bits per heavy atom. The summed E-state index contributed by atoms with van der Waals surface area (Å²) in [5.41, 5.74) is 1.91. The fourth-order valence-electron chi connectivity index (χ4n) is 2.42. The second-order valence-corrected chi connectivity index (χ2v) is 7.18. The van der Waals surface area contributed by atoms with Crippen molar-refractivity contribution in [3.05, 3.63) is 27.4 Å². The van der Waals surface area contributed by atoms with Gasteiger partial charge in [-0.15, -0.1) is 11.3 Å². The molecule has 0 N–H and O–H groups in total. The zero-order valence-corrected chi connectivity index (χ0v) is 14.0. The summed E-state index contributed by atoms with van der Waals surface area (Å²) in [6, 6.07) is 2.15. The van der Waals surface area contributed by atoms with Crippen molar-refractivity contribution >= 4 is 28.6 Å². The largest absolute Gasteiger partial charge is 0.375 e. The molecule has 0 aromatic carbocycles. The minimum absolute atomic E-state index is 0.0779. The zero-order valence-electron chi connectivity index (χ0n) is 12.3. The Morgan fingerprint density at radius 2 is 2.29 bits per heavy atom. The van der Waals surface area contributed by atoms with Crippen LogP contribution in [0.25, 0.3) is 10.6 Å². The number of hydrogen-bond donors (Lipinski definition) is 0. The minimum Gasteiger partial charge on any atom is -0.375 e.